The topological polar surface area (TPSA) is 46.3 Å². The van der Waals surface area contributed by atoms with Gasteiger partial charge in [0, 0.05) is 12.5 Å². The van der Waals surface area contributed by atoms with Crippen molar-refractivity contribution in [2.45, 2.75) is 52.0 Å². The number of hydrogen-bond acceptors (Lipinski definition) is 2. The van der Waals surface area contributed by atoms with Gasteiger partial charge in [-0.05, 0) is 43.7 Å². The van der Waals surface area contributed by atoms with Gasteiger partial charge in [0.15, 0.2) is 0 Å². The largest absolute Gasteiger partial charge is 0.335 e. The van der Waals surface area contributed by atoms with Gasteiger partial charge in [0.2, 0.25) is 5.91 Å². The van der Waals surface area contributed by atoms with Crippen molar-refractivity contribution in [2.75, 3.05) is 13.1 Å². The number of amides is 1. The van der Waals surface area contributed by atoms with Gasteiger partial charge in [-0.15, -0.1) is 12.4 Å². The van der Waals surface area contributed by atoms with Crippen molar-refractivity contribution < 1.29 is 4.79 Å². The Morgan fingerprint density at radius 3 is 2.52 bits per heavy atom. The van der Waals surface area contributed by atoms with Crippen LogP contribution in [0.4, 0.5) is 0 Å². The van der Waals surface area contributed by atoms with Gasteiger partial charge in [-0.2, -0.15) is 0 Å². The number of carbonyl (C=O) groups excluding carboxylic acids is 1. The van der Waals surface area contributed by atoms with Gasteiger partial charge in [0.25, 0.3) is 0 Å². The number of halogens is 1. The van der Waals surface area contributed by atoms with E-state index in [1.165, 1.54) is 5.56 Å². The maximum absolute atomic E-state index is 13.1. The summed E-state index contributed by atoms with van der Waals surface area (Å²) in [6, 6.07) is 10.6. The molecular weight excluding hydrogens is 308 g/mol. The summed E-state index contributed by atoms with van der Waals surface area (Å²) in [4.78, 5) is 15.3. The van der Waals surface area contributed by atoms with Crippen LogP contribution >= 0.6 is 12.4 Å². The fraction of sp³-hybridized carbons (Fsp3) is 0.632. The zero-order valence-corrected chi connectivity index (χ0v) is 15.2. The highest BCUT2D eigenvalue weighted by Crippen LogP contribution is 2.35. The highest BCUT2D eigenvalue weighted by atomic mass is 35.5. The number of benzene rings is 1. The second-order valence-corrected chi connectivity index (χ2v) is 6.40. The van der Waals surface area contributed by atoms with Crippen molar-refractivity contribution in [1.82, 2.24) is 4.90 Å². The molecule has 3 nitrogen and oxygen atoms in total. The van der Waals surface area contributed by atoms with Crippen LogP contribution in [-0.2, 0) is 4.79 Å². The molecule has 4 heteroatoms. The zero-order chi connectivity index (χ0) is 15.9. The number of nitrogens with zero attached hydrogens (tertiary/aromatic N) is 1. The van der Waals surface area contributed by atoms with Crippen LogP contribution in [0.5, 0.6) is 0 Å². The van der Waals surface area contributed by atoms with Gasteiger partial charge in [0.1, 0.15) is 0 Å². The first-order valence-corrected chi connectivity index (χ1v) is 8.78. The minimum Gasteiger partial charge on any atom is -0.335 e. The van der Waals surface area contributed by atoms with E-state index >= 15 is 0 Å². The highest BCUT2D eigenvalue weighted by Gasteiger charge is 2.36. The zero-order valence-electron chi connectivity index (χ0n) is 14.4. The maximum Gasteiger partial charge on any atom is 0.226 e. The third-order valence-corrected chi connectivity index (χ3v) is 4.97. The van der Waals surface area contributed by atoms with Gasteiger partial charge in [-0.25, -0.2) is 0 Å². The molecule has 1 aromatic rings. The number of nitrogens with two attached hydrogens (primary N) is 1. The Balaban J connectivity index is 0.00000264. The van der Waals surface area contributed by atoms with E-state index in [4.69, 9.17) is 5.73 Å². The molecule has 2 rings (SSSR count). The number of rotatable bonds is 7. The Morgan fingerprint density at radius 1 is 1.26 bits per heavy atom. The van der Waals surface area contributed by atoms with Crippen LogP contribution in [0.2, 0.25) is 0 Å². The maximum atomic E-state index is 13.1. The van der Waals surface area contributed by atoms with E-state index in [2.05, 4.69) is 43.0 Å². The molecule has 0 spiro atoms. The highest BCUT2D eigenvalue weighted by molar-refractivity contribution is 5.85. The minimum absolute atomic E-state index is 0. The van der Waals surface area contributed by atoms with E-state index in [0.717, 1.165) is 38.6 Å². The van der Waals surface area contributed by atoms with Gasteiger partial charge in [-0.3, -0.25) is 4.79 Å². The third kappa shape index (κ3) is 4.71. The minimum atomic E-state index is 0. The van der Waals surface area contributed by atoms with Crippen molar-refractivity contribution in [3.8, 4) is 0 Å². The van der Waals surface area contributed by atoms with E-state index in [1.54, 1.807) is 0 Å². The molecule has 1 aromatic carbocycles. The smallest absolute Gasteiger partial charge is 0.226 e. The molecule has 1 aliphatic rings. The van der Waals surface area contributed by atoms with Crippen molar-refractivity contribution in [3.63, 3.8) is 0 Å². The average Bonchev–Trinajstić information content (AvgIpc) is 3.03. The molecule has 23 heavy (non-hydrogen) atoms. The van der Waals surface area contributed by atoms with Gasteiger partial charge >= 0.3 is 0 Å². The van der Waals surface area contributed by atoms with Crippen LogP contribution in [0.3, 0.4) is 0 Å². The van der Waals surface area contributed by atoms with E-state index < -0.39 is 0 Å². The lowest BCUT2D eigenvalue weighted by Crippen LogP contribution is -2.41. The molecule has 1 amide bonds. The molecule has 1 fully saturated rings. The molecule has 0 aromatic heterocycles. The molecular formula is C19H31ClN2O. The second kappa shape index (κ2) is 9.94. The summed E-state index contributed by atoms with van der Waals surface area (Å²) in [6.45, 7) is 5.79. The van der Waals surface area contributed by atoms with E-state index in [-0.39, 0.29) is 24.4 Å². The van der Waals surface area contributed by atoms with Crippen molar-refractivity contribution in [1.29, 1.82) is 0 Å². The van der Waals surface area contributed by atoms with Crippen LogP contribution in [0.1, 0.15) is 57.6 Å². The Labute approximate surface area is 147 Å². The van der Waals surface area contributed by atoms with Gasteiger partial charge < -0.3 is 10.6 Å². The first-order chi connectivity index (χ1) is 10.7. The average molecular weight is 339 g/mol. The first-order valence-electron chi connectivity index (χ1n) is 8.78. The van der Waals surface area contributed by atoms with Gasteiger partial charge in [0.05, 0.1) is 6.04 Å². The fourth-order valence-electron chi connectivity index (χ4n) is 3.83. The molecule has 1 unspecified atom stereocenters. The normalized spacial score (nSPS) is 21.5. The molecule has 1 aliphatic carbocycles. The quantitative estimate of drug-likeness (QED) is 0.810. The molecule has 2 N–H and O–H groups in total. The molecule has 0 radical (unpaired) electrons. The summed E-state index contributed by atoms with van der Waals surface area (Å²) in [5.74, 6) is 0.833. The van der Waals surface area contributed by atoms with Crippen LogP contribution in [0.25, 0.3) is 0 Å². The summed E-state index contributed by atoms with van der Waals surface area (Å²) >= 11 is 0. The van der Waals surface area contributed by atoms with Crippen LogP contribution in [0, 0.1) is 11.8 Å². The molecule has 3 atom stereocenters. The molecule has 0 heterocycles. The number of carbonyl (C=O) groups is 1. The van der Waals surface area contributed by atoms with Crippen molar-refractivity contribution >= 4 is 18.3 Å². The lowest BCUT2D eigenvalue weighted by Gasteiger charge is -2.34. The van der Waals surface area contributed by atoms with E-state index in [1.807, 2.05) is 6.07 Å². The fourth-order valence-corrected chi connectivity index (χ4v) is 3.83. The summed E-state index contributed by atoms with van der Waals surface area (Å²) in [5, 5.41) is 0. The lowest BCUT2D eigenvalue weighted by molar-refractivity contribution is -0.139. The summed E-state index contributed by atoms with van der Waals surface area (Å²) in [6.07, 6.45) is 5.20. The third-order valence-electron chi connectivity index (χ3n) is 4.97. The molecule has 1 saturated carbocycles. The molecule has 0 bridgehead atoms. The van der Waals surface area contributed by atoms with E-state index in [9.17, 15) is 4.79 Å². The van der Waals surface area contributed by atoms with Crippen molar-refractivity contribution in [3.05, 3.63) is 35.9 Å². The summed E-state index contributed by atoms with van der Waals surface area (Å²) in [5.41, 5.74) is 7.13. The van der Waals surface area contributed by atoms with E-state index in [0.29, 0.717) is 18.4 Å². The summed E-state index contributed by atoms with van der Waals surface area (Å²) in [7, 11) is 0. The van der Waals surface area contributed by atoms with Crippen molar-refractivity contribution in [2.24, 2.45) is 17.6 Å². The van der Waals surface area contributed by atoms with Crippen LogP contribution in [0.15, 0.2) is 30.3 Å². The second-order valence-electron chi connectivity index (χ2n) is 6.40. The predicted octanol–water partition coefficient (Wildman–Crippen LogP) is 4.17. The molecule has 130 valence electrons. The Kier molecular flexibility index (Phi) is 8.64. The van der Waals surface area contributed by atoms with Gasteiger partial charge in [-0.1, -0.05) is 50.6 Å². The van der Waals surface area contributed by atoms with Crippen LogP contribution in [-0.4, -0.2) is 23.9 Å². The monoisotopic (exact) mass is 338 g/mol. The summed E-state index contributed by atoms with van der Waals surface area (Å²) < 4.78 is 0. The van der Waals surface area contributed by atoms with Crippen LogP contribution < -0.4 is 5.73 Å². The first kappa shape index (κ1) is 20.0. The standard InChI is InChI=1S/C19H30N2O.ClH/c1-3-13-21(18(4-2)15-9-6-5-7-10-15)19(22)17-12-8-11-16(17)14-20;/h5-7,9-10,16-18H,3-4,8,11-14,20H2,1-2H3;1H/t16-,17-,18?;/m1./s1. The number of hydrogen-bond donors (Lipinski definition) is 1. The predicted molar refractivity (Wildman–Crippen MR) is 98.6 cm³/mol. The SMILES string of the molecule is CCCN(C(=O)[C@@H]1CCC[C@@H]1CN)C(CC)c1ccccc1.Cl. The molecule has 0 aliphatic heterocycles. The molecule has 0 saturated heterocycles. The Hall–Kier alpha value is -1.06. The Bertz CT molecular complexity index is 466. The lowest BCUT2D eigenvalue weighted by atomic mass is 9.92. The Morgan fingerprint density at radius 2 is 1.96 bits per heavy atom.